The van der Waals surface area contributed by atoms with Crippen LogP contribution >= 0.6 is 11.6 Å². The highest BCUT2D eigenvalue weighted by Crippen LogP contribution is 2.38. The van der Waals surface area contributed by atoms with Crippen LogP contribution in [-0.2, 0) is 21.4 Å². The molecule has 0 radical (unpaired) electrons. The van der Waals surface area contributed by atoms with Gasteiger partial charge in [-0.25, -0.2) is 8.42 Å². The molecule has 198 valence electrons. The molecule has 3 rings (SSSR count). The highest BCUT2D eigenvalue weighted by atomic mass is 35.5. The molecule has 0 aliphatic rings. The van der Waals surface area contributed by atoms with E-state index in [0.29, 0.717) is 33.7 Å². The Hall–Kier alpha value is -3.63. The van der Waals surface area contributed by atoms with Crippen LogP contribution in [0.4, 0.5) is 5.69 Å². The van der Waals surface area contributed by atoms with E-state index in [-0.39, 0.29) is 24.0 Å². The van der Waals surface area contributed by atoms with Gasteiger partial charge in [0, 0.05) is 18.6 Å². The first-order valence-corrected chi connectivity index (χ1v) is 13.0. The lowest BCUT2D eigenvalue weighted by molar-refractivity contribution is -0.132. The Morgan fingerprint density at radius 3 is 2.11 bits per heavy atom. The zero-order valence-electron chi connectivity index (χ0n) is 21.2. The number of methoxy groups -OCH3 is 3. The van der Waals surface area contributed by atoms with E-state index in [4.69, 9.17) is 30.5 Å². The highest BCUT2D eigenvalue weighted by molar-refractivity contribution is 7.92. The molecule has 1 N–H and O–H groups in total. The Kier molecular flexibility index (Phi) is 9.12. The fourth-order valence-corrected chi connectivity index (χ4v) is 4.66. The molecule has 0 fully saturated rings. The van der Waals surface area contributed by atoms with Crippen LogP contribution in [0, 0.1) is 6.92 Å². The van der Waals surface area contributed by atoms with Crippen molar-refractivity contribution in [3.8, 4) is 23.0 Å². The maximum atomic E-state index is 12.7. The van der Waals surface area contributed by atoms with E-state index < -0.39 is 10.0 Å². The second kappa shape index (κ2) is 12.1. The molecule has 0 bridgehead atoms. The van der Waals surface area contributed by atoms with Crippen molar-refractivity contribution < 1.29 is 32.2 Å². The number of amides is 1. The van der Waals surface area contributed by atoms with Gasteiger partial charge in [-0.3, -0.25) is 9.52 Å². The summed E-state index contributed by atoms with van der Waals surface area (Å²) in [5.74, 6) is 1.53. The predicted molar refractivity (Wildman–Crippen MR) is 142 cm³/mol. The largest absolute Gasteiger partial charge is 0.493 e. The summed E-state index contributed by atoms with van der Waals surface area (Å²) >= 11 is 6.08. The number of nitrogens with one attached hydrogen (secondary N) is 1. The highest BCUT2D eigenvalue weighted by Gasteiger charge is 2.18. The van der Waals surface area contributed by atoms with Crippen LogP contribution in [0.25, 0.3) is 0 Å². The summed E-state index contributed by atoms with van der Waals surface area (Å²) in [6, 6.07) is 14.2. The number of carbonyl (C=O) groups excluding carboxylic acids is 1. The number of nitrogens with zero attached hydrogens (tertiary/aromatic N) is 1. The SMILES string of the molecule is COc1cc(CN(C)C(=O)COc2ccc(S(=O)(=O)Nc3ccc(C)c(Cl)c3)cc2)cc(OC)c1OC. The number of carbonyl (C=O) groups is 1. The number of rotatable bonds is 11. The zero-order valence-corrected chi connectivity index (χ0v) is 22.8. The van der Waals surface area contributed by atoms with Gasteiger partial charge in [0.25, 0.3) is 15.9 Å². The fourth-order valence-electron chi connectivity index (χ4n) is 3.43. The number of aryl methyl sites for hydroxylation is 1. The monoisotopic (exact) mass is 548 g/mol. The minimum absolute atomic E-state index is 0.0439. The summed E-state index contributed by atoms with van der Waals surface area (Å²) in [7, 11) is 2.39. The third kappa shape index (κ3) is 6.99. The van der Waals surface area contributed by atoms with E-state index in [2.05, 4.69) is 4.72 Å². The van der Waals surface area contributed by atoms with Crippen molar-refractivity contribution in [2.24, 2.45) is 0 Å². The first-order valence-electron chi connectivity index (χ1n) is 11.1. The molecule has 0 spiro atoms. The summed E-state index contributed by atoms with van der Waals surface area (Å²) in [5.41, 5.74) is 1.98. The average Bonchev–Trinajstić information content (AvgIpc) is 2.88. The van der Waals surface area contributed by atoms with Gasteiger partial charge in [0.15, 0.2) is 18.1 Å². The van der Waals surface area contributed by atoms with Gasteiger partial charge in [-0.2, -0.15) is 0 Å². The molecule has 11 heteroatoms. The van der Waals surface area contributed by atoms with Crippen LogP contribution in [0.3, 0.4) is 0 Å². The number of sulfonamides is 1. The summed E-state index contributed by atoms with van der Waals surface area (Å²) < 4.78 is 49.5. The molecule has 9 nitrogen and oxygen atoms in total. The van der Waals surface area contributed by atoms with Gasteiger partial charge < -0.3 is 23.8 Å². The Morgan fingerprint density at radius 2 is 1.57 bits per heavy atom. The van der Waals surface area contributed by atoms with E-state index in [1.165, 1.54) is 50.5 Å². The second-order valence-electron chi connectivity index (χ2n) is 8.11. The van der Waals surface area contributed by atoms with Gasteiger partial charge in [0.1, 0.15) is 5.75 Å². The molecule has 37 heavy (non-hydrogen) atoms. The fraction of sp³-hybridized carbons (Fsp3) is 0.269. The molecule has 0 aliphatic heterocycles. The molecule has 1 amide bonds. The van der Waals surface area contributed by atoms with Gasteiger partial charge >= 0.3 is 0 Å². The molecule has 0 atom stereocenters. The van der Waals surface area contributed by atoms with Gasteiger partial charge in [-0.05, 0) is 66.6 Å². The lowest BCUT2D eigenvalue weighted by Gasteiger charge is -2.20. The van der Waals surface area contributed by atoms with Gasteiger partial charge in [-0.15, -0.1) is 0 Å². The van der Waals surface area contributed by atoms with Crippen molar-refractivity contribution in [1.29, 1.82) is 0 Å². The van der Waals surface area contributed by atoms with E-state index in [9.17, 15) is 13.2 Å². The molecule has 0 aromatic heterocycles. The van der Waals surface area contributed by atoms with Gasteiger partial charge in [0.2, 0.25) is 5.75 Å². The van der Waals surface area contributed by atoms with Crippen molar-refractivity contribution in [3.05, 3.63) is 70.7 Å². The van der Waals surface area contributed by atoms with Crippen LogP contribution in [0.2, 0.25) is 5.02 Å². The third-order valence-corrected chi connectivity index (χ3v) is 7.29. The molecular formula is C26H29ClN2O7S. The van der Waals surface area contributed by atoms with Gasteiger partial charge in [-0.1, -0.05) is 17.7 Å². The molecule has 0 heterocycles. The topological polar surface area (TPSA) is 103 Å². The Balaban J connectivity index is 1.60. The summed E-state index contributed by atoms with van der Waals surface area (Å²) in [4.78, 5) is 14.2. The van der Waals surface area contributed by atoms with Crippen molar-refractivity contribution in [2.75, 3.05) is 39.7 Å². The first-order chi connectivity index (χ1) is 17.6. The summed E-state index contributed by atoms with van der Waals surface area (Å²) in [6.45, 7) is 1.88. The van der Waals surface area contributed by atoms with Gasteiger partial charge in [0.05, 0.1) is 31.9 Å². The first kappa shape index (κ1) is 27.9. The van der Waals surface area contributed by atoms with Crippen LogP contribution in [0.15, 0.2) is 59.5 Å². The Labute approximate surface area is 221 Å². The van der Waals surface area contributed by atoms with Crippen molar-refractivity contribution >= 4 is 33.2 Å². The van der Waals surface area contributed by atoms with Crippen LogP contribution in [0.1, 0.15) is 11.1 Å². The molecule has 0 aliphatic carbocycles. The normalized spacial score (nSPS) is 11.0. The zero-order chi connectivity index (χ0) is 27.2. The van der Waals surface area contributed by atoms with Crippen LogP contribution in [-0.4, -0.2) is 54.2 Å². The Bertz CT molecular complexity index is 1340. The maximum Gasteiger partial charge on any atom is 0.261 e. The lowest BCUT2D eigenvalue weighted by atomic mass is 10.1. The number of halogens is 1. The molecule has 3 aromatic carbocycles. The van der Waals surface area contributed by atoms with E-state index in [1.807, 2.05) is 6.92 Å². The molecule has 0 saturated carbocycles. The van der Waals surface area contributed by atoms with Crippen molar-refractivity contribution in [1.82, 2.24) is 4.90 Å². The number of ether oxygens (including phenoxy) is 4. The van der Waals surface area contributed by atoms with Crippen molar-refractivity contribution in [2.45, 2.75) is 18.4 Å². The summed E-state index contributed by atoms with van der Waals surface area (Å²) in [6.07, 6.45) is 0. The minimum atomic E-state index is -3.82. The Morgan fingerprint density at radius 1 is 0.946 bits per heavy atom. The van der Waals surface area contributed by atoms with E-state index >= 15 is 0 Å². The minimum Gasteiger partial charge on any atom is -0.493 e. The number of anilines is 1. The number of benzene rings is 3. The smallest absolute Gasteiger partial charge is 0.261 e. The van der Waals surface area contributed by atoms with E-state index in [1.54, 1.807) is 37.4 Å². The number of hydrogen-bond acceptors (Lipinski definition) is 7. The average molecular weight is 549 g/mol. The lowest BCUT2D eigenvalue weighted by Crippen LogP contribution is -2.31. The van der Waals surface area contributed by atoms with E-state index in [0.717, 1.165) is 11.1 Å². The molecular weight excluding hydrogens is 520 g/mol. The van der Waals surface area contributed by atoms with Crippen LogP contribution in [0.5, 0.6) is 23.0 Å². The standard InChI is InChI=1S/C26H29ClN2O7S/c1-17-6-7-19(14-22(17)27)28-37(31,32)21-10-8-20(9-11-21)36-16-25(30)29(2)15-18-12-23(33-3)26(35-5)24(13-18)34-4/h6-14,28H,15-16H2,1-5H3. The number of hydrogen-bond donors (Lipinski definition) is 1. The second-order valence-corrected chi connectivity index (χ2v) is 10.2. The summed E-state index contributed by atoms with van der Waals surface area (Å²) in [5, 5.41) is 0.462. The van der Waals surface area contributed by atoms with Crippen molar-refractivity contribution in [3.63, 3.8) is 0 Å². The third-order valence-electron chi connectivity index (χ3n) is 5.49. The molecule has 3 aromatic rings. The quantitative estimate of drug-likeness (QED) is 0.376. The molecule has 0 saturated heterocycles. The number of likely N-dealkylation sites (N-methyl/N-ethyl adjacent to an activating group) is 1. The maximum absolute atomic E-state index is 12.7. The predicted octanol–water partition coefficient (Wildman–Crippen LogP) is 4.51. The molecule has 0 unspecified atom stereocenters. The van der Waals surface area contributed by atoms with Crippen LogP contribution < -0.4 is 23.7 Å².